The first-order valence-corrected chi connectivity index (χ1v) is 9.90. The summed E-state index contributed by atoms with van der Waals surface area (Å²) in [6, 6.07) is 13.2. The molecule has 5 rings (SSSR count). The lowest BCUT2D eigenvalue weighted by atomic mass is 10.1. The number of hydrogen-bond donors (Lipinski definition) is 0. The first-order chi connectivity index (χ1) is 12.9. The van der Waals surface area contributed by atoms with E-state index in [0.717, 1.165) is 13.1 Å². The van der Waals surface area contributed by atoms with E-state index >= 15 is 0 Å². The summed E-state index contributed by atoms with van der Waals surface area (Å²) < 4.78 is 2.17. The van der Waals surface area contributed by atoms with Crippen molar-refractivity contribution in [1.29, 1.82) is 0 Å². The predicted molar refractivity (Wildman–Crippen MR) is 105 cm³/mol. The Kier molecular flexibility index (Phi) is 4.03. The number of fused-ring (bicyclic) bond motifs is 1. The average Bonchev–Trinajstić information content (AvgIpc) is 3.42. The Labute approximate surface area is 156 Å². The van der Waals surface area contributed by atoms with E-state index in [9.17, 15) is 0 Å². The highest BCUT2D eigenvalue weighted by Gasteiger charge is 2.29. The fourth-order valence-electron chi connectivity index (χ4n) is 3.92. The van der Waals surface area contributed by atoms with Crippen molar-refractivity contribution in [3.05, 3.63) is 78.0 Å². The Morgan fingerprint density at radius 1 is 1.15 bits per heavy atom. The highest BCUT2D eigenvalue weighted by molar-refractivity contribution is 7.13. The van der Waals surface area contributed by atoms with Crippen LogP contribution in [-0.2, 0) is 6.54 Å². The molecule has 0 aromatic carbocycles. The molecule has 0 saturated carbocycles. The second kappa shape index (κ2) is 6.67. The van der Waals surface area contributed by atoms with Crippen molar-refractivity contribution in [2.75, 3.05) is 6.54 Å². The van der Waals surface area contributed by atoms with Crippen LogP contribution >= 0.6 is 11.3 Å². The van der Waals surface area contributed by atoms with Crippen molar-refractivity contribution in [3.8, 4) is 10.4 Å². The summed E-state index contributed by atoms with van der Waals surface area (Å²) in [6.45, 7) is 2.05. The third-order valence-corrected chi connectivity index (χ3v) is 6.07. The second-order valence-corrected chi connectivity index (χ2v) is 7.75. The first kappa shape index (κ1) is 15.7. The first-order valence-electron chi connectivity index (χ1n) is 9.02. The average molecular weight is 360 g/mol. The van der Waals surface area contributed by atoms with Crippen LogP contribution in [0.25, 0.3) is 16.0 Å². The zero-order valence-corrected chi connectivity index (χ0v) is 15.3. The molecule has 5 heteroatoms. The Balaban J connectivity index is 1.46. The van der Waals surface area contributed by atoms with Gasteiger partial charge in [0.25, 0.3) is 0 Å². The summed E-state index contributed by atoms with van der Waals surface area (Å²) in [5, 5.41) is 2.12. The summed E-state index contributed by atoms with van der Waals surface area (Å²) in [5.41, 5.74) is 4.93. The van der Waals surface area contributed by atoms with Crippen LogP contribution in [0, 0.1) is 0 Å². The van der Waals surface area contributed by atoms with Gasteiger partial charge in [0.05, 0.1) is 23.6 Å². The van der Waals surface area contributed by atoms with Gasteiger partial charge in [-0.25, -0.2) is 4.98 Å². The van der Waals surface area contributed by atoms with Gasteiger partial charge in [0.1, 0.15) is 0 Å². The van der Waals surface area contributed by atoms with Gasteiger partial charge in [-0.2, -0.15) is 0 Å². The number of pyridine rings is 2. The quantitative estimate of drug-likeness (QED) is 0.524. The summed E-state index contributed by atoms with van der Waals surface area (Å²) in [7, 11) is 0. The molecule has 0 spiro atoms. The molecule has 1 unspecified atom stereocenters. The van der Waals surface area contributed by atoms with Gasteiger partial charge in [0.2, 0.25) is 0 Å². The van der Waals surface area contributed by atoms with E-state index in [1.165, 1.54) is 40.1 Å². The Morgan fingerprint density at radius 2 is 2.15 bits per heavy atom. The van der Waals surface area contributed by atoms with Crippen LogP contribution in [0.5, 0.6) is 0 Å². The molecular weight excluding hydrogens is 340 g/mol. The normalized spacial score (nSPS) is 17.9. The Morgan fingerprint density at radius 3 is 3.00 bits per heavy atom. The predicted octanol–water partition coefficient (Wildman–Crippen LogP) is 4.79. The lowest BCUT2D eigenvalue weighted by molar-refractivity contribution is 0.246. The number of imidazole rings is 1. The van der Waals surface area contributed by atoms with Crippen LogP contribution in [-0.4, -0.2) is 25.8 Å². The molecular formula is C21H20N4S. The Bertz CT molecular complexity index is 1010. The smallest absolute Gasteiger partial charge is 0.0996 e. The van der Waals surface area contributed by atoms with Gasteiger partial charge < -0.3 is 4.40 Å². The van der Waals surface area contributed by atoms with Gasteiger partial charge in [-0.1, -0.05) is 12.1 Å². The van der Waals surface area contributed by atoms with Crippen molar-refractivity contribution >= 4 is 16.9 Å². The van der Waals surface area contributed by atoms with Crippen molar-refractivity contribution < 1.29 is 0 Å². The summed E-state index contributed by atoms with van der Waals surface area (Å²) in [5.74, 6) is 0. The minimum absolute atomic E-state index is 0.382. The van der Waals surface area contributed by atoms with E-state index in [0.29, 0.717) is 6.04 Å². The molecule has 4 aromatic heterocycles. The van der Waals surface area contributed by atoms with E-state index in [1.54, 1.807) is 11.3 Å². The van der Waals surface area contributed by atoms with E-state index in [4.69, 9.17) is 4.98 Å². The van der Waals surface area contributed by atoms with Gasteiger partial charge in [-0.15, -0.1) is 11.3 Å². The van der Waals surface area contributed by atoms with Crippen LogP contribution < -0.4 is 0 Å². The maximum absolute atomic E-state index is 4.80. The van der Waals surface area contributed by atoms with Gasteiger partial charge >= 0.3 is 0 Å². The lowest BCUT2D eigenvalue weighted by Gasteiger charge is -2.23. The number of nitrogens with zero attached hydrogens (tertiary/aromatic N) is 4. The molecule has 4 nitrogen and oxygen atoms in total. The molecule has 1 fully saturated rings. The number of thiophene rings is 1. The highest BCUT2D eigenvalue weighted by atomic mass is 32.1. The molecule has 0 N–H and O–H groups in total. The third-order valence-electron chi connectivity index (χ3n) is 5.15. The summed E-state index contributed by atoms with van der Waals surface area (Å²) in [4.78, 5) is 12.9. The highest BCUT2D eigenvalue weighted by Crippen LogP contribution is 2.35. The lowest BCUT2D eigenvalue weighted by Crippen LogP contribution is -2.23. The molecule has 0 aliphatic carbocycles. The van der Waals surface area contributed by atoms with Crippen molar-refractivity contribution in [2.45, 2.75) is 25.4 Å². The number of rotatable bonds is 4. The summed E-state index contributed by atoms with van der Waals surface area (Å²) >= 11 is 1.77. The SMILES string of the molecule is c1cncc(CN2CCCC2c2ncn3cc(-c4cccs4)ccc23)c1. The molecule has 26 heavy (non-hydrogen) atoms. The van der Waals surface area contributed by atoms with Crippen LogP contribution in [0.4, 0.5) is 0 Å². The zero-order valence-electron chi connectivity index (χ0n) is 14.5. The zero-order chi connectivity index (χ0) is 17.3. The fourth-order valence-corrected chi connectivity index (χ4v) is 4.64. The monoisotopic (exact) mass is 360 g/mol. The maximum Gasteiger partial charge on any atom is 0.0996 e. The van der Waals surface area contributed by atoms with Gasteiger partial charge in [0.15, 0.2) is 0 Å². The largest absolute Gasteiger partial charge is 0.305 e. The van der Waals surface area contributed by atoms with E-state index in [-0.39, 0.29) is 0 Å². The van der Waals surface area contributed by atoms with Crippen LogP contribution in [0.1, 0.15) is 30.1 Å². The molecule has 5 heterocycles. The molecule has 0 bridgehead atoms. The topological polar surface area (TPSA) is 33.4 Å². The minimum Gasteiger partial charge on any atom is -0.305 e. The minimum atomic E-state index is 0.382. The number of hydrogen-bond acceptors (Lipinski definition) is 4. The molecule has 130 valence electrons. The third kappa shape index (κ3) is 2.83. The van der Waals surface area contributed by atoms with E-state index in [1.807, 2.05) is 24.8 Å². The number of likely N-dealkylation sites (tertiary alicyclic amines) is 1. The molecule has 1 aliphatic rings. The van der Waals surface area contributed by atoms with Crippen molar-refractivity contribution in [3.63, 3.8) is 0 Å². The molecule has 4 aromatic rings. The Hall–Kier alpha value is -2.50. The van der Waals surface area contributed by atoms with Crippen molar-refractivity contribution in [1.82, 2.24) is 19.3 Å². The van der Waals surface area contributed by atoms with E-state index in [2.05, 4.69) is 56.2 Å². The van der Waals surface area contributed by atoms with E-state index < -0.39 is 0 Å². The molecule has 1 saturated heterocycles. The second-order valence-electron chi connectivity index (χ2n) is 6.81. The molecule has 0 radical (unpaired) electrons. The van der Waals surface area contributed by atoms with Crippen LogP contribution in [0.15, 0.2) is 66.7 Å². The molecule has 0 amide bonds. The number of aromatic nitrogens is 3. The fraction of sp³-hybridized carbons (Fsp3) is 0.238. The maximum atomic E-state index is 4.80. The van der Waals surface area contributed by atoms with Crippen LogP contribution in [0.2, 0.25) is 0 Å². The summed E-state index contributed by atoms with van der Waals surface area (Å²) in [6.07, 6.45) is 10.3. The molecule has 1 atom stereocenters. The van der Waals surface area contributed by atoms with Crippen molar-refractivity contribution in [2.24, 2.45) is 0 Å². The van der Waals surface area contributed by atoms with Gasteiger partial charge in [-0.3, -0.25) is 9.88 Å². The van der Waals surface area contributed by atoms with Gasteiger partial charge in [0, 0.05) is 35.6 Å². The standard InChI is InChI=1S/C21H20N4S/c1-4-16(12-22-9-1)13-24-10-2-5-18(24)21-19-8-7-17(14-25(19)15-23-21)20-6-3-11-26-20/h1,3-4,6-9,11-12,14-15,18H,2,5,10,13H2. The molecule has 1 aliphatic heterocycles. The van der Waals surface area contributed by atoms with Crippen LogP contribution in [0.3, 0.4) is 0 Å². The van der Waals surface area contributed by atoms with Gasteiger partial charge in [-0.05, 0) is 54.6 Å².